The maximum Gasteiger partial charge on any atom is 0.354 e. The maximum atomic E-state index is 12.3. The average molecular weight is 305 g/mol. The summed E-state index contributed by atoms with van der Waals surface area (Å²) in [7, 11) is 1.35. The lowest BCUT2D eigenvalue weighted by atomic mass is 10.0. The van der Waals surface area contributed by atoms with Gasteiger partial charge in [0.15, 0.2) is 5.78 Å². The van der Waals surface area contributed by atoms with Crippen LogP contribution in [-0.4, -0.2) is 23.8 Å². The molecule has 114 valence electrons. The molecule has 0 saturated heterocycles. The van der Waals surface area contributed by atoms with Crippen LogP contribution in [0.25, 0.3) is 22.0 Å². The molecule has 0 radical (unpaired) electrons. The van der Waals surface area contributed by atoms with E-state index in [1.54, 1.807) is 0 Å². The number of ether oxygens (including phenoxy) is 1. The summed E-state index contributed by atoms with van der Waals surface area (Å²) < 4.78 is 4.83. The summed E-state index contributed by atoms with van der Waals surface area (Å²) in [6.07, 6.45) is 1.03. The number of hydrogen-bond donors (Lipinski definition) is 1. The van der Waals surface area contributed by atoms with Crippen LogP contribution in [0, 0.1) is 0 Å². The fourth-order valence-corrected chi connectivity index (χ4v) is 3.30. The van der Waals surface area contributed by atoms with Crippen molar-refractivity contribution in [3.8, 4) is 11.3 Å². The Morgan fingerprint density at radius 3 is 2.65 bits per heavy atom. The van der Waals surface area contributed by atoms with Gasteiger partial charge in [-0.25, -0.2) is 4.79 Å². The van der Waals surface area contributed by atoms with Gasteiger partial charge in [-0.2, -0.15) is 0 Å². The van der Waals surface area contributed by atoms with Crippen LogP contribution in [-0.2, 0) is 11.2 Å². The van der Waals surface area contributed by atoms with Gasteiger partial charge in [0.1, 0.15) is 5.69 Å². The van der Waals surface area contributed by atoms with E-state index in [-0.39, 0.29) is 5.78 Å². The van der Waals surface area contributed by atoms with Crippen LogP contribution >= 0.6 is 0 Å². The molecule has 1 heterocycles. The Balaban J connectivity index is 1.94. The zero-order valence-corrected chi connectivity index (χ0v) is 12.7. The average Bonchev–Trinajstić information content (AvgIpc) is 3.15. The van der Waals surface area contributed by atoms with Crippen LogP contribution in [0.4, 0.5) is 0 Å². The third kappa shape index (κ3) is 2.06. The Labute approximate surface area is 133 Å². The molecular weight excluding hydrogens is 290 g/mol. The van der Waals surface area contributed by atoms with Crippen LogP contribution in [0.3, 0.4) is 0 Å². The van der Waals surface area contributed by atoms with Gasteiger partial charge in [0.2, 0.25) is 0 Å². The Morgan fingerprint density at radius 2 is 1.87 bits per heavy atom. The van der Waals surface area contributed by atoms with E-state index < -0.39 is 5.97 Å². The number of fused-ring (bicyclic) bond motifs is 2. The summed E-state index contributed by atoms with van der Waals surface area (Å²) in [5.74, 6) is -0.349. The molecule has 1 aromatic heterocycles. The highest BCUT2D eigenvalue weighted by Gasteiger charge is 2.31. The van der Waals surface area contributed by atoms with E-state index in [9.17, 15) is 9.59 Å². The summed E-state index contributed by atoms with van der Waals surface area (Å²) >= 11 is 0. The molecule has 1 aliphatic carbocycles. The van der Waals surface area contributed by atoms with Crippen molar-refractivity contribution >= 4 is 22.5 Å². The lowest BCUT2D eigenvalue weighted by Gasteiger charge is -2.04. The van der Waals surface area contributed by atoms with Crippen molar-refractivity contribution in [1.29, 1.82) is 0 Å². The van der Waals surface area contributed by atoms with E-state index in [4.69, 9.17) is 4.74 Å². The molecule has 4 rings (SSSR count). The topological polar surface area (TPSA) is 59.2 Å². The molecule has 4 heteroatoms. The highest BCUT2D eigenvalue weighted by Crippen LogP contribution is 2.36. The Hall–Kier alpha value is -2.88. The fourth-order valence-electron chi connectivity index (χ4n) is 3.30. The van der Waals surface area contributed by atoms with Crippen molar-refractivity contribution in [2.75, 3.05) is 7.11 Å². The zero-order valence-electron chi connectivity index (χ0n) is 12.7. The van der Waals surface area contributed by atoms with Crippen molar-refractivity contribution in [2.24, 2.45) is 0 Å². The first-order chi connectivity index (χ1) is 11.2. The third-order valence-electron chi connectivity index (χ3n) is 4.41. The molecule has 1 aliphatic rings. The number of ketones is 1. The molecule has 0 amide bonds. The molecule has 0 unspecified atom stereocenters. The molecule has 0 aliphatic heterocycles. The number of aromatic nitrogens is 1. The molecule has 4 nitrogen and oxygen atoms in total. The Kier molecular flexibility index (Phi) is 3.05. The monoisotopic (exact) mass is 305 g/mol. The van der Waals surface area contributed by atoms with E-state index in [1.807, 2.05) is 42.5 Å². The largest absolute Gasteiger partial charge is 0.464 e. The molecular formula is C19H15NO3. The zero-order chi connectivity index (χ0) is 16.0. The van der Waals surface area contributed by atoms with Gasteiger partial charge in [-0.1, -0.05) is 36.4 Å². The predicted octanol–water partition coefficient (Wildman–Crippen LogP) is 3.75. The maximum absolute atomic E-state index is 12.3. The summed E-state index contributed by atoms with van der Waals surface area (Å²) in [5, 5.41) is 2.23. The van der Waals surface area contributed by atoms with Gasteiger partial charge in [0, 0.05) is 12.0 Å². The number of methoxy groups -OCH3 is 1. The van der Waals surface area contributed by atoms with Gasteiger partial charge in [-0.15, -0.1) is 0 Å². The fraction of sp³-hybridized carbons (Fsp3) is 0.158. The quantitative estimate of drug-likeness (QED) is 0.734. The second kappa shape index (κ2) is 5.09. The third-order valence-corrected chi connectivity index (χ3v) is 4.41. The van der Waals surface area contributed by atoms with Crippen molar-refractivity contribution in [3.63, 3.8) is 0 Å². The van der Waals surface area contributed by atoms with E-state index in [0.717, 1.165) is 21.9 Å². The number of esters is 1. The number of Topliss-reactive ketones (excluding diaryl/α,β-unsaturated/α-hetero) is 1. The molecule has 0 bridgehead atoms. The molecule has 0 saturated carbocycles. The smallest absolute Gasteiger partial charge is 0.354 e. The van der Waals surface area contributed by atoms with Crippen LogP contribution in [0.2, 0.25) is 0 Å². The van der Waals surface area contributed by atoms with Crippen molar-refractivity contribution in [2.45, 2.75) is 12.8 Å². The van der Waals surface area contributed by atoms with E-state index in [2.05, 4.69) is 4.98 Å². The van der Waals surface area contributed by atoms with E-state index in [0.29, 0.717) is 29.8 Å². The molecule has 3 aromatic rings. The molecule has 0 fully saturated rings. The Bertz CT molecular complexity index is 952. The van der Waals surface area contributed by atoms with E-state index >= 15 is 0 Å². The Morgan fingerprint density at radius 1 is 1.09 bits per heavy atom. The van der Waals surface area contributed by atoms with Crippen LogP contribution in [0.5, 0.6) is 0 Å². The van der Waals surface area contributed by atoms with Crippen molar-refractivity contribution in [1.82, 2.24) is 4.98 Å². The minimum absolute atomic E-state index is 0.0783. The SMILES string of the molecule is COC(=O)c1[nH]c(-c2ccc3ccccc3c2)c2c1CCC2=O. The number of hydrogen-bond acceptors (Lipinski definition) is 3. The van der Waals surface area contributed by atoms with Crippen LogP contribution in [0.1, 0.15) is 32.8 Å². The van der Waals surface area contributed by atoms with Gasteiger partial charge in [-0.05, 0) is 34.4 Å². The number of benzene rings is 2. The summed E-state index contributed by atoms with van der Waals surface area (Å²) in [6, 6.07) is 14.1. The van der Waals surface area contributed by atoms with Gasteiger partial charge in [0.05, 0.1) is 12.8 Å². The molecule has 1 N–H and O–H groups in total. The minimum Gasteiger partial charge on any atom is -0.464 e. The molecule has 2 aromatic carbocycles. The second-order valence-electron chi connectivity index (χ2n) is 5.71. The molecule has 23 heavy (non-hydrogen) atoms. The van der Waals surface area contributed by atoms with Gasteiger partial charge >= 0.3 is 5.97 Å². The molecule has 0 spiro atoms. The minimum atomic E-state index is -0.428. The van der Waals surface area contributed by atoms with Gasteiger partial charge < -0.3 is 9.72 Å². The highest BCUT2D eigenvalue weighted by molar-refractivity contribution is 6.09. The molecule has 0 atom stereocenters. The number of rotatable bonds is 2. The lowest BCUT2D eigenvalue weighted by Crippen LogP contribution is -2.04. The van der Waals surface area contributed by atoms with Crippen LogP contribution < -0.4 is 0 Å². The van der Waals surface area contributed by atoms with Gasteiger partial charge in [0.25, 0.3) is 0 Å². The van der Waals surface area contributed by atoms with Crippen molar-refractivity contribution < 1.29 is 14.3 Å². The normalized spacial score (nSPS) is 13.3. The second-order valence-corrected chi connectivity index (χ2v) is 5.71. The predicted molar refractivity (Wildman–Crippen MR) is 87.7 cm³/mol. The first-order valence-electron chi connectivity index (χ1n) is 7.54. The number of carbonyl (C=O) groups is 2. The number of H-pyrrole nitrogens is 1. The highest BCUT2D eigenvalue weighted by atomic mass is 16.5. The van der Waals surface area contributed by atoms with Crippen LogP contribution in [0.15, 0.2) is 42.5 Å². The summed E-state index contributed by atoms with van der Waals surface area (Å²) in [6.45, 7) is 0. The number of aromatic amines is 1. The first kappa shape index (κ1) is 13.8. The lowest BCUT2D eigenvalue weighted by molar-refractivity contribution is 0.0593. The first-order valence-corrected chi connectivity index (χ1v) is 7.54. The van der Waals surface area contributed by atoms with E-state index in [1.165, 1.54) is 7.11 Å². The summed E-state index contributed by atoms with van der Waals surface area (Å²) in [4.78, 5) is 27.4. The number of nitrogens with one attached hydrogen (secondary N) is 1. The van der Waals surface area contributed by atoms with Gasteiger partial charge in [-0.3, -0.25) is 4.79 Å². The van der Waals surface area contributed by atoms with Crippen molar-refractivity contribution in [3.05, 3.63) is 59.3 Å². The number of carbonyl (C=O) groups excluding carboxylic acids is 2. The standard InChI is InChI=1S/C19H15NO3/c1-23-19(22)18-14-8-9-15(21)16(14)17(20-18)13-7-6-11-4-2-3-5-12(11)10-13/h2-7,10,20H,8-9H2,1H3. The summed E-state index contributed by atoms with van der Waals surface area (Å²) in [5.41, 5.74) is 3.45.